The van der Waals surface area contributed by atoms with Crippen LogP contribution in [0.1, 0.15) is 29.9 Å². The van der Waals surface area contributed by atoms with E-state index in [0.29, 0.717) is 18.2 Å². The van der Waals surface area contributed by atoms with Crippen LogP contribution < -0.4 is 5.73 Å². The summed E-state index contributed by atoms with van der Waals surface area (Å²) < 4.78 is 0. The number of fused-ring (bicyclic) bond motifs is 1. The molecular weight excluding hydrogens is 200 g/mol. The molecule has 0 aromatic heterocycles. The standard InChI is InChI=1S/C13H18N2O/c14-6-9-7-15(10-4-5-10)8-12-11(9)2-1-3-13(12)16/h1-3,9-10,16H,4-8,14H2. The molecule has 0 spiro atoms. The van der Waals surface area contributed by atoms with Gasteiger partial charge in [-0.2, -0.15) is 0 Å². The van der Waals surface area contributed by atoms with E-state index in [0.717, 1.165) is 24.7 Å². The van der Waals surface area contributed by atoms with Gasteiger partial charge in [0.2, 0.25) is 0 Å². The normalized spacial score (nSPS) is 25.4. The highest BCUT2D eigenvalue weighted by Crippen LogP contribution is 2.38. The molecule has 3 N–H and O–H groups in total. The van der Waals surface area contributed by atoms with E-state index in [1.807, 2.05) is 6.07 Å². The Labute approximate surface area is 95.9 Å². The van der Waals surface area contributed by atoms with Crippen molar-refractivity contribution in [3.8, 4) is 5.75 Å². The molecule has 1 aliphatic carbocycles. The van der Waals surface area contributed by atoms with Gasteiger partial charge < -0.3 is 10.8 Å². The minimum Gasteiger partial charge on any atom is -0.508 e. The van der Waals surface area contributed by atoms with Crippen LogP contribution in [0.25, 0.3) is 0 Å². The third-order valence-corrected chi connectivity index (χ3v) is 3.79. The highest BCUT2D eigenvalue weighted by atomic mass is 16.3. The van der Waals surface area contributed by atoms with Crippen molar-refractivity contribution in [2.45, 2.75) is 31.3 Å². The number of hydrogen-bond donors (Lipinski definition) is 2. The van der Waals surface area contributed by atoms with E-state index in [-0.39, 0.29) is 0 Å². The Kier molecular flexibility index (Phi) is 2.37. The van der Waals surface area contributed by atoms with Crippen LogP contribution in [0.2, 0.25) is 0 Å². The quantitative estimate of drug-likeness (QED) is 0.789. The maximum absolute atomic E-state index is 9.92. The lowest BCUT2D eigenvalue weighted by Crippen LogP contribution is -2.37. The molecule has 1 aliphatic heterocycles. The van der Waals surface area contributed by atoms with E-state index >= 15 is 0 Å². The molecule has 0 saturated heterocycles. The monoisotopic (exact) mass is 218 g/mol. The molecule has 1 aromatic rings. The summed E-state index contributed by atoms with van der Waals surface area (Å²) in [6.45, 7) is 2.61. The Hall–Kier alpha value is -1.06. The summed E-state index contributed by atoms with van der Waals surface area (Å²) in [4.78, 5) is 2.47. The fraction of sp³-hybridized carbons (Fsp3) is 0.538. The van der Waals surface area contributed by atoms with Crippen molar-refractivity contribution in [1.29, 1.82) is 0 Å². The smallest absolute Gasteiger partial charge is 0.120 e. The van der Waals surface area contributed by atoms with Gasteiger partial charge in [-0.15, -0.1) is 0 Å². The molecule has 3 nitrogen and oxygen atoms in total. The van der Waals surface area contributed by atoms with Crippen molar-refractivity contribution in [2.24, 2.45) is 5.73 Å². The minimum atomic E-state index is 0.386. The second-order valence-electron chi connectivity index (χ2n) is 4.94. The molecular formula is C13H18N2O. The minimum absolute atomic E-state index is 0.386. The molecule has 1 aromatic carbocycles. The van der Waals surface area contributed by atoms with Gasteiger partial charge in [-0.1, -0.05) is 12.1 Å². The van der Waals surface area contributed by atoms with Gasteiger partial charge in [-0.3, -0.25) is 4.90 Å². The first kappa shape index (κ1) is 10.1. The Bertz CT molecular complexity index is 401. The summed E-state index contributed by atoms with van der Waals surface area (Å²) in [5, 5.41) is 9.92. The number of phenolic OH excluding ortho intramolecular Hbond substituents is 1. The van der Waals surface area contributed by atoms with Crippen molar-refractivity contribution in [2.75, 3.05) is 13.1 Å². The maximum atomic E-state index is 9.92. The lowest BCUT2D eigenvalue weighted by atomic mass is 9.89. The van der Waals surface area contributed by atoms with E-state index < -0.39 is 0 Å². The number of nitrogens with two attached hydrogens (primary N) is 1. The van der Waals surface area contributed by atoms with Crippen molar-refractivity contribution >= 4 is 0 Å². The molecule has 1 unspecified atom stereocenters. The van der Waals surface area contributed by atoms with Crippen LogP contribution in [-0.2, 0) is 6.54 Å². The van der Waals surface area contributed by atoms with Gasteiger partial charge in [-0.05, 0) is 24.5 Å². The SMILES string of the molecule is NCC1CN(C2CC2)Cc2c(O)cccc21. The molecule has 3 heteroatoms. The summed E-state index contributed by atoms with van der Waals surface area (Å²) in [5.74, 6) is 0.817. The molecule has 1 fully saturated rings. The zero-order valence-electron chi connectivity index (χ0n) is 9.39. The molecule has 3 rings (SSSR count). The Balaban J connectivity index is 1.97. The van der Waals surface area contributed by atoms with E-state index in [1.165, 1.54) is 18.4 Å². The Morgan fingerprint density at radius 2 is 2.19 bits per heavy atom. The van der Waals surface area contributed by atoms with Crippen LogP contribution in [0.4, 0.5) is 0 Å². The van der Waals surface area contributed by atoms with Crippen LogP contribution in [0.3, 0.4) is 0 Å². The molecule has 1 atom stereocenters. The van der Waals surface area contributed by atoms with Gasteiger partial charge in [0.15, 0.2) is 0 Å². The van der Waals surface area contributed by atoms with Crippen molar-refractivity contribution in [3.63, 3.8) is 0 Å². The van der Waals surface area contributed by atoms with E-state index in [1.54, 1.807) is 6.07 Å². The first-order chi connectivity index (χ1) is 7.79. The largest absolute Gasteiger partial charge is 0.508 e. The van der Waals surface area contributed by atoms with Gasteiger partial charge >= 0.3 is 0 Å². The Morgan fingerprint density at radius 1 is 1.38 bits per heavy atom. The van der Waals surface area contributed by atoms with Crippen molar-refractivity contribution in [1.82, 2.24) is 4.90 Å². The first-order valence-electron chi connectivity index (χ1n) is 6.04. The number of benzene rings is 1. The number of aromatic hydroxyl groups is 1. The predicted octanol–water partition coefficient (Wildman–Crippen LogP) is 1.41. The lowest BCUT2D eigenvalue weighted by molar-refractivity contribution is 0.217. The van der Waals surface area contributed by atoms with Crippen LogP contribution >= 0.6 is 0 Å². The zero-order chi connectivity index (χ0) is 11.1. The summed E-state index contributed by atoms with van der Waals surface area (Å²) in [7, 11) is 0. The number of hydrogen-bond acceptors (Lipinski definition) is 3. The highest BCUT2D eigenvalue weighted by molar-refractivity contribution is 5.43. The molecule has 0 bridgehead atoms. The van der Waals surface area contributed by atoms with Crippen LogP contribution in [-0.4, -0.2) is 29.1 Å². The second-order valence-corrected chi connectivity index (χ2v) is 4.94. The number of nitrogens with zero attached hydrogens (tertiary/aromatic N) is 1. The van der Waals surface area contributed by atoms with E-state index in [9.17, 15) is 5.11 Å². The van der Waals surface area contributed by atoms with E-state index in [4.69, 9.17) is 5.73 Å². The summed E-state index contributed by atoms with van der Waals surface area (Å²) >= 11 is 0. The topological polar surface area (TPSA) is 49.5 Å². The van der Waals surface area contributed by atoms with Crippen LogP contribution in [0.5, 0.6) is 5.75 Å². The van der Waals surface area contributed by atoms with Gasteiger partial charge in [-0.25, -0.2) is 0 Å². The summed E-state index contributed by atoms with van der Waals surface area (Å²) in [5.41, 5.74) is 8.19. The fourth-order valence-corrected chi connectivity index (χ4v) is 2.72. The molecule has 2 aliphatic rings. The Morgan fingerprint density at radius 3 is 2.88 bits per heavy atom. The zero-order valence-corrected chi connectivity index (χ0v) is 9.39. The maximum Gasteiger partial charge on any atom is 0.120 e. The second kappa shape index (κ2) is 3.75. The van der Waals surface area contributed by atoms with Gasteiger partial charge in [0, 0.05) is 37.2 Å². The summed E-state index contributed by atoms with van der Waals surface area (Å²) in [6.07, 6.45) is 2.61. The molecule has 16 heavy (non-hydrogen) atoms. The van der Waals surface area contributed by atoms with Gasteiger partial charge in [0.1, 0.15) is 5.75 Å². The third kappa shape index (κ3) is 1.60. The van der Waals surface area contributed by atoms with Crippen LogP contribution in [0.15, 0.2) is 18.2 Å². The summed E-state index contributed by atoms with van der Waals surface area (Å²) in [6, 6.07) is 6.55. The average Bonchev–Trinajstić information content (AvgIpc) is 3.12. The van der Waals surface area contributed by atoms with Gasteiger partial charge in [0.25, 0.3) is 0 Å². The lowest BCUT2D eigenvalue weighted by Gasteiger charge is -2.34. The number of rotatable bonds is 2. The van der Waals surface area contributed by atoms with Crippen molar-refractivity contribution < 1.29 is 5.11 Å². The van der Waals surface area contributed by atoms with Gasteiger partial charge in [0.05, 0.1) is 0 Å². The average molecular weight is 218 g/mol. The van der Waals surface area contributed by atoms with Crippen molar-refractivity contribution in [3.05, 3.63) is 29.3 Å². The molecule has 1 saturated carbocycles. The first-order valence-corrected chi connectivity index (χ1v) is 6.04. The van der Waals surface area contributed by atoms with Crippen LogP contribution in [0, 0.1) is 0 Å². The fourth-order valence-electron chi connectivity index (χ4n) is 2.72. The third-order valence-electron chi connectivity index (χ3n) is 3.79. The molecule has 86 valence electrons. The number of phenols is 1. The van der Waals surface area contributed by atoms with E-state index in [2.05, 4.69) is 11.0 Å². The molecule has 0 amide bonds. The predicted molar refractivity (Wildman–Crippen MR) is 63.3 cm³/mol. The highest BCUT2D eigenvalue weighted by Gasteiger charge is 2.35. The molecule has 1 heterocycles. The molecule has 0 radical (unpaired) electrons.